The van der Waals surface area contributed by atoms with E-state index in [4.69, 9.17) is 11.6 Å². The van der Waals surface area contributed by atoms with Crippen LogP contribution >= 0.6 is 11.6 Å². The Morgan fingerprint density at radius 2 is 2.21 bits per heavy atom. The van der Waals surface area contributed by atoms with Crippen LogP contribution in [0.5, 0.6) is 0 Å². The smallest absolute Gasteiger partial charge is 0.244 e. The van der Waals surface area contributed by atoms with Crippen molar-refractivity contribution in [3.05, 3.63) is 47.1 Å². The van der Waals surface area contributed by atoms with Gasteiger partial charge in [0.05, 0.1) is 5.69 Å². The summed E-state index contributed by atoms with van der Waals surface area (Å²) in [5.41, 5.74) is 2.62. The molecule has 4 nitrogen and oxygen atoms in total. The van der Waals surface area contributed by atoms with Crippen LogP contribution in [0.2, 0.25) is 5.02 Å². The number of hydrogen-bond donors (Lipinski definition) is 1. The molecule has 0 radical (unpaired) electrons. The second-order valence-corrected chi connectivity index (χ2v) is 4.88. The molecule has 0 saturated heterocycles. The molecule has 1 amide bonds. The summed E-state index contributed by atoms with van der Waals surface area (Å²) >= 11 is 6.01. The van der Waals surface area contributed by atoms with Gasteiger partial charge in [0, 0.05) is 16.9 Å². The summed E-state index contributed by atoms with van der Waals surface area (Å²) in [6, 6.07) is 9.28. The molecule has 1 aliphatic rings. The van der Waals surface area contributed by atoms with Gasteiger partial charge < -0.3 is 10.2 Å². The average Bonchev–Trinajstić information content (AvgIpc) is 2.39. The minimum atomic E-state index is -0.0522. The predicted octanol–water partition coefficient (Wildman–Crippen LogP) is 3.13. The minimum absolute atomic E-state index is 0.0522. The van der Waals surface area contributed by atoms with Crippen LogP contribution in [0.3, 0.4) is 0 Å². The van der Waals surface area contributed by atoms with Gasteiger partial charge in [0.2, 0.25) is 5.91 Å². The number of hydrogen-bond acceptors (Lipinski definition) is 3. The molecule has 1 N–H and O–H groups in total. The molecule has 96 valence electrons. The van der Waals surface area contributed by atoms with Crippen LogP contribution in [0.15, 0.2) is 36.5 Å². The molecule has 2 heterocycles. The Morgan fingerprint density at radius 3 is 3.00 bits per heavy atom. The second kappa shape index (κ2) is 4.55. The number of amides is 1. The molecule has 1 aliphatic heterocycles. The van der Waals surface area contributed by atoms with Crippen molar-refractivity contribution in [3.63, 3.8) is 0 Å². The highest BCUT2D eigenvalue weighted by atomic mass is 35.5. The fourth-order valence-corrected chi connectivity index (χ4v) is 2.34. The molecule has 0 bridgehead atoms. The van der Waals surface area contributed by atoms with Gasteiger partial charge in [0.1, 0.15) is 6.54 Å². The van der Waals surface area contributed by atoms with Crippen LogP contribution in [-0.2, 0) is 4.79 Å². The molecule has 5 heteroatoms. The number of pyridine rings is 1. The average molecular weight is 274 g/mol. The molecular weight excluding hydrogens is 262 g/mol. The molecule has 1 aromatic heterocycles. The van der Waals surface area contributed by atoms with E-state index in [2.05, 4.69) is 10.3 Å². The number of nitrogens with zero attached hydrogens (tertiary/aromatic N) is 2. The lowest BCUT2D eigenvalue weighted by Gasteiger charge is -2.30. The third kappa shape index (κ3) is 2.15. The van der Waals surface area contributed by atoms with Gasteiger partial charge in [-0.05, 0) is 36.8 Å². The second-order valence-electron chi connectivity index (χ2n) is 4.44. The number of aromatic nitrogens is 1. The Balaban J connectivity index is 2.14. The number of anilines is 3. The standard InChI is InChI=1S/C14H12ClN3O/c1-9-5-6-16-14-13(9)17-12(19)8-18(14)11-4-2-3-10(15)7-11/h2-7H,8H2,1H3,(H,17,19). The van der Waals surface area contributed by atoms with E-state index in [1.165, 1.54) is 0 Å². The number of halogens is 1. The number of aryl methyl sites for hydroxylation is 1. The van der Waals surface area contributed by atoms with Crippen LogP contribution in [0.1, 0.15) is 5.56 Å². The maximum absolute atomic E-state index is 11.8. The first-order valence-electron chi connectivity index (χ1n) is 5.94. The first-order valence-corrected chi connectivity index (χ1v) is 6.31. The highest BCUT2D eigenvalue weighted by Crippen LogP contribution is 2.35. The van der Waals surface area contributed by atoms with E-state index in [1.54, 1.807) is 12.3 Å². The maximum atomic E-state index is 11.8. The van der Waals surface area contributed by atoms with E-state index >= 15 is 0 Å². The lowest BCUT2D eigenvalue weighted by molar-refractivity contribution is -0.115. The Bertz CT molecular complexity index is 657. The van der Waals surface area contributed by atoms with Crippen molar-refractivity contribution in [2.24, 2.45) is 0 Å². The fraction of sp³-hybridized carbons (Fsp3) is 0.143. The molecule has 0 spiro atoms. The molecular formula is C14H12ClN3O. The summed E-state index contributed by atoms with van der Waals surface area (Å²) in [5.74, 6) is 0.699. The Morgan fingerprint density at radius 1 is 1.37 bits per heavy atom. The van der Waals surface area contributed by atoms with Crippen LogP contribution < -0.4 is 10.2 Å². The van der Waals surface area contributed by atoms with Gasteiger partial charge in [0.25, 0.3) is 0 Å². The summed E-state index contributed by atoms with van der Waals surface area (Å²) in [4.78, 5) is 18.1. The van der Waals surface area contributed by atoms with Crippen molar-refractivity contribution in [2.45, 2.75) is 6.92 Å². The lowest BCUT2D eigenvalue weighted by atomic mass is 10.1. The van der Waals surface area contributed by atoms with E-state index in [0.29, 0.717) is 5.02 Å². The fourth-order valence-electron chi connectivity index (χ4n) is 2.16. The molecule has 0 unspecified atom stereocenters. The van der Waals surface area contributed by atoms with E-state index in [0.717, 1.165) is 22.8 Å². The number of carbonyl (C=O) groups is 1. The molecule has 2 aromatic rings. The van der Waals surface area contributed by atoms with Gasteiger partial charge in [-0.25, -0.2) is 4.98 Å². The van der Waals surface area contributed by atoms with Crippen molar-refractivity contribution in [3.8, 4) is 0 Å². The SMILES string of the molecule is Cc1ccnc2c1NC(=O)CN2c1cccc(Cl)c1. The number of fused-ring (bicyclic) bond motifs is 1. The molecule has 0 saturated carbocycles. The van der Waals surface area contributed by atoms with Crippen molar-refractivity contribution in [2.75, 3.05) is 16.8 Å². The van der Waals surface area contributed by atoms with Gasteiger partial charge in [-0.1, -0.05) is 17.7 Å². The predicted molar refractivity (Wildman–Crippen MR) is 76.1 cm³/mol. The summed E-state index contributed by atoms with van der Waals surface area (Å²) in [7, 11) is 0. The summed E-state index contributed by atoms with van der Waals surface area (Å²) < 4.78 is 0. The van der Waals surface area contributed by atoms with E-state index in [-0.39, 0.29) is 12.5 Å². The number of carbonyl (C=O) groups excluding carboxylic acids is 1. The Hall–Kier alpha value is -2.07. The minimum Gasteiger partial charge on any atom is -0.321 e. The van der Waals surface area contributed by atoms with Crippen molar-refractivity contribution in [1.82, 2.24) is 4.98 Å². The van der Waals surface area contributed by atoms with E-state index in [9.17, 15) is 4.79 Å². The Labute approximate surface area is 116 Å². The molecule has 1 aromatic carbocycles. The van der Waals surface area contributed by atoms with Crippen LogP contribution in [0.4, 0.5) is 17.2 Å². The summed E-state index contributed by atoms with van der Waals surface area (Å²) in [6.07, 6.45) is 1.74. The third-order valence-electron chi connectivity index (χ3n) is 3.08. The van der Waals surface area contributed by atoms with Crippen LogP contribution in [0.25, 0.3) is 0 Å². The lowest BCUT2D eigenvalue weighted by Crippen LogP contribution is -2.36. The monoisotopic (exact) mass is 273 g/mol. The zero-order valence-corrected chi connectivity index (χ0v) is 11.1. The van der Waals surface area contributed by atoms with Crippen LogP contribution in [-0.4, -0.2) is 17.4 Å². The first kappa shape index (κ1) is 12.0. The maximum Gasteiger partial charge on any atom is 0.244 e. The normalized spacial score (nSPS) is 14.0. The zero-order valence-electron chi connectivity index (χ0n) is 10.4. The Kier molecular flexibility index (Phi) is 2.87. The van der Waals surface area contributed by atoms with E-state index in [1.807, 2.05) is 36.1 Å². The highest BCUT2D eigenvalue weighted by Gasteiger charge is 2.25. The first-order chi connectivity index (χ1) is 9.15. The largest absolute Gasteiger partial charge is 0.321 e. The quantitative estimate of drug-likeness (QED) is 0.868. The van der Waals surface area contributed by atoms with Crippen molar-refractivity contribution >= 4 is 34.7 Å². The molecule has 3 rings (SSSR count). The molecule has 19 heavy (non-hydrogen) atoms. The van der Waals surface area contributed by atoms with Gasteiger partial charge in [0.15, 0.2) is 5.82 Å². The van der Waals surface area contributed by atoms with E-state index < -0.39 is 0 Å². The number of benzene rings is 1. The third-order valence-corrected chi connectivity index (χ3v) is 3.32. The topological polar surface area (TPSA) is 45.2 Å². The molecule has 0 aliphatic carbocycles. The highest BCUT2D eigenvalue weighted by molar-refractivity contribution is 6.30. The summed E-state index contributed by atoms with van der Waals surface area (Å²) in [5, 5.41) is 3.50. The summed E-state index contributed by atoms with van der Waals surface area (Å²) in [6.45, 7) is 2.19. The van der Waals surface area contributed by atoms with Crippen molar-refractivity contribution in [1.29, 1.82) is 0 Å². The van der Waals surface area contributed by atoms with Crippen LogP contribution in [0, 0.1) is 6.92 Å². The van der Waals surface area contributed by atoms with Gasteiger partial charge >= 0.3 is 0 Å². The van der Waals surface area contributed by atoms with Gasteiger partial charge in [-0.2, -0.15) is 0 Å². The van der Waals surface area contributed by atoms with Gasteiger partial charge in [-0.3, -0.25) is 4.79 Å². The number of nitrogens with one attached hydrogen (secondary N) is 1. The zero-order chi connectivity index (χ0) is 13.4. The van der Waals surface area contributed by atoms with Crippen molar-refractivity contribution < 1.29 is 4.79 Å². The molecule has 0 atom stereocenters. The molecule has 0 fully saturated rings. The number of rotatable bonds is 1. The van der Waals surface area contributed by atoms with Gasteiger partial charge in [-0.15, -0.1) is 0 Å².